The Bertz CT molecular complexity index is 1880. The van der Waals surface area contributed by atoms with Gasteiger partial charge in [0.2, 0.25) is 5.91 Å². The van der Waals surface area contributed by atoms with Crippen LogP contribution in [0.1, 0.15) is 38.7 Å². The number of aromatic nitrogens is 3. The number of likely N-dealkylation sites (tertiary alicyclic amines) is 1. The summed E-state index contributed by atoms with van der Waals surface area (Å²) in [5.41, 5.74) is 5.46. The van der Waals surface area contributed by atoms with Gasteiger partial charge in [-0.2, -0.15) is 5.10 Å². The molecule has 1 N–H and O–H groups in total. The number of rotatable bonds is 2. The van der Waals surface area contributed by atoms with Gasteiger partial charge in [0.15, 0.2) is 5.69 Å². The van der Waals surface area contributed by atoms with Gasteiger partial charge in [0.1, 0.15) is 12.4 Å². The average Bonchev–Trinajstić information content (AvgIpc) is 3.78. The molecule has 2 aliphatic heterocycles. The van der Waals surface area contributed by atoms with Crippen LogP contribution in [0, 0.1) is 5.92 Å². The van der Waals surface area contributed by atoms with Crippen LogP contribution in [0.25, 0.3) is 21.1 Å². The van der Waals surface area contributed by atoms with E-state index in [9.17, 15) is 14.4 Å². The summed E-state index contributed by atoms with van der Waals surface area (Å²) in [5.74, 6) is -0.330. The minimum Gasteiger partial charge on any atom is -0.492 e. The number of thiazole rings is 1. The van der Waals surface area contributed by atoms with E-state index < -0.39 is 5.92 Å². The van der Waals surface area contributed by atoms with Gasteiger partial charge in [-0.1, -0.05) is 30.3 Å². The SMILES string of the molecule is Cn1nc(C(=O)N2C[C@@H]3C(=O)NCCCN(C(=O)c4ccc5ncsc5c4)CCOc4cccc(c4)[C@H]3C2)c2ccccc21. The third kappa shape index (κ3) is 5.28. The predicted molar refractivity (Wildman–Crippen MR) is 168 cm³/mol. The lowest BCUT2D eigenvalue weighted by Crippen LogP contribution is -2.39. The lowest BCUT2D eigenvalue weighted by atomic mass is 9.88. The number of fused-ring (bicyclic) bond motifs is 6. The van der Waals surface area contributed by atoms with E-state index in [2.05, 4.69) is 15.4 Å². The summed E-state index contributed by atoms with van der Waals surface area (Å²) in [7, 11) is 1.83. The van der Waals surface area contributed by atoms with Crippen molar-refractivity contribution in [3.63, 3.8) is 0 Å². The van der Waals surface area contributed by atoms with Gasteiger partial charge in [-0.25, -0.2) is 4.98 Å². The molecular formula is C33H32N6O4S. The maximum Gasteiger partial charge on any atom is 0.275 e. The van der Waals surface area contributed by atoms with Gasteiger partial charge in [-0.15, -0.1) is 11.3 Å². The molecule has 0 unspecified atom stereocenters. The summed E-state index contributed by atoms with van der Waals surface area (Å²) < 4.78 is 8.82. The summed E-state index contributed by atoms with van der Waals surface area (Å²) in [4.78, 5) is 48.8. The zero-order valence-electron chi connectivity index (χ0n) is 24.3. The fraction of sp³-hybridized carbons (Fsp3) is 0.303. The van der Waals surface area contributed by atoms with E-state index in [0.717, 1.165) is 26.7 Å². The number of benzene rings is 3. The molecule has 1 saturated heterocycles. The third-order valence-electron chi connectivity index (χ3n) is 8.59. The molecule has 4 heterocycles. The Morgan fingerprint density at radius 1 is 0.955 bits per heavy atom. The number of nitrogens with one attached hydrogen (secondary N) is 1. The zero-order valence-corrected chi connectivity index (χ0v) is 25.1. The normalized spacial score (nSPS) is 19.3. The van der Waals surface area contributed by atoms with Crippen LogP contribution in [0.3, 0.4) is 0 Å². The molecule has 2 aromatic heterocycles. The minimum absolute atomic E-state index is 0.0804. The lowest BCUT2D eigenvalue weighted by molar-refractivity contribution is -0.124. The van der Waals surface area contributed by atoms with Crippen molar-refractivity contribution in [2.24, 2.45) is 13.0 Å². The topological polar surface area (TPSA) is 110 Å². The Kier molecular flexibility index (Phi) is 7.47. The fourth-order valence-corrected chi connectivity index (χ4v) is 7.02. The largest absolute Gasteiger partial charge is 0.492 e. The molecule has 7 rings (SSSR count). The van der Waals surface area contributed by atoms with E-state index in [1.165, 1.54) is 11.3 Å². The molecule has 0 aliphatic carbocycles. The number of ether oxygens (including phenoxy) is 1. The van der Waals surface area contributed by atoms with Crippen molar-refractivity contribution >= 4 is 50.2 Å². The summed E-state index contributed by atoms with van der Waals surface area (Å²) in [6, 6.07) is 21.0. The van der Waals surface area contributed by atoms with Gasteiger partial charge >= 0.3 is 0 Å². The molecule has 3 amide bonds. The molecule has 5 aromatic rings. The van der Waals surface area contributed by atoms with Crippen LogP contribution < -0.4 is 10.1 Å². The van der Waals surface area contributed by atoms with Crippen molar-refractivity contribution < 1.29 is 19.1 Å². The first kappa shape index (κ1) is 28.0. The average molecular weight is 609 g/mol. The molecular weight excluding hydrogens is 576 g/mol. The second kappa shape index (κ2) is 11.7. The van der Waals surface area contributed by atoms with Crippen LogP contribution in [0.2, 0.25) is 0 Å². The molecule has 1 fully saturated rings. The number of hydrogen-bond acceptors (Lipinski definition) is 7. The van der Waals surface area contributed by atoms with Gasteiger partial charge in [0, 0.05) is 50.1 Å². The maximum atomic E-state index is 13.8. The van der Waals surface area contributed by atoms with Crippen molar-refractivity contribution in [2.75, 3.05) is 39.3 Å². The first-order valence-corrected chi connectivity index (χ1v) is 15.7. The highest BCUT2D eigenvalue weighted by Gasteiger charge is 2.41. The Hall–Kier alpha value is -4.77. The first-order valence-electron chi connectivity index (χ1n) is 14.8. The highest BCUT2D eigenvalue weighted by Crippen LogP contribution is 2.36. The van der Waals surface area contributed by atoms with Crippen molar-refractivity contribution in [1.82, 2.24) is 29.9 Å². The Morgan fingerprint density at radius 3 is 2.73 bits per heavy atom. The lowest BCUT2D eigenvalue weighted by Gasteiger charge is -2.25. The van der Waals surface area contributed by atoms with Gasteiger partial charge < -0.3 is 19.9 Å². The van der Waals surface area contributed by atoms with Crippen molar-refractivity contribution in [2.45, 2.75) is 12.3 Å². The second-order valence-electron chi connectivity index (χ2n) is 11.3. The minimum atomic E-state index is -0.434. The quantitative estimate of drug-likeness (QED) is 0.324. The number of para-hydroxylation sites is 1. The van der Waals surface area contributed by atoms with Crippen LogP contribution in [0.4, 0.5) is 0 Å². The van der Waals surface area contributed by atoms with E-state index in [-0.39, 0.29) is 30.2 Å². The molecule has 0 radical (unpaired) electrons. The van der Waals surface area contributed by atoms with Gasteiger partial charge in [-0.3, -0.25) is 19.1 Å². The Morgan fingerprint density at radius 2 is 1.82 bits per heavy atom. The van der Waals surface area contributed by atoms with Crippen LogP contribution in [0.5, 0.6) is 5.75 Å². The van der Waals surface area contributed by atoms with Crippen LogP contribution in [-0.2, 0) is 11.8 Å². The van der Waals surface area contributed by atoms with Crippen molar-refractivity contribution in [1.29, 1.82) is 0 Å². The van der Waals surface area contributed by atoms with Gasteiger partial charge in [-0.05, 0) is 48.4 Å². The standard InChI is InChI=1S/C33H32N6O4S/c1-37-28-9-3-2-8-24(28)30(36-37)33(42)39-18-25-21-6-4-7-23(16-21)43-15-14-38(13-5-12-34-31(40)26(25)19-39)32(41)22-10-11-27-29(17-22)44-20-35-27/h2-4,6-11,16-17,20,25-26H,5,12-15,18-19H2,1H3,(H,34,40)/t25-,26+/m1/s1. The van der Waals surface area contributed by atoms with Gasteiger partial charge in [0.05, 0.1) is 33.7 Å². The van der Waals surface area contributed by atoms with E-state index in [0.29, 0.717) is 56.2 Å². The van der Waals surface area contributed by atoms with Gasteiger partial charge in [0.25, 0.3) is 11.8 Å². The Labute approximate surface area is 258 Å². The molecule has 44 heavy (non-hydrogen) atoms. The third-order valence-corrected chi connectivity index (χ3v) is 9.38. The Balaban J connectivity index is 1.12. The molecule has 0 spiro atoms. The second-order valence-corrected chi connectivity index (χ2v) is 12.2. The summed E-state index contributed by atoms with van der Waals surface area (Å²) >= 11 is 1.50. The molecule has 2 bridgehead atoms. The molecule has 0 saturated carbocycles. The van der Waals surface area contributed by atoms with E-state index in [4.69, 9.17) is 4.74 Å². The summed E-state index contributed by atoms with van der Waals surface area (Å²) in [6.07, 6.45) is 0.589. The highest BCUT2D eigenvalue weighted by molar-refractivity contribution is 7.16. The number of amides is 3. The van der Waals surface area contributed by atoms with E-state index in [1.54, 1.807) is 20.0 Å². The molecule has 10 nitrogen and oxygen atoms in total. The smallest absolute Gasteiger partial charge is 0.275 e. The fourth-order valence-electron chi connectivity index (χ4n) is 6.30. The molecule has 3 aromatic carbocycles. The highest BCUT2D eigenvalue weighted by atomic mass is 32.1. The molecule has 2 aliphatic rings. The van der Waals surface area contributed by atoms with Crippen LogP contribution >= 0.6 is 11.3 Å². The number of carbonyl (C=O) groups excluding carboxylic acids is 3. The molecule has 11 heteroatoms. The number of carbonyl (C=O) groups is 3. The number of hydrogen-bond donors (Lipinski definition) is 1. The van der Waals surface area contributed by atoms with Crippen molar-refractivity contribution in [3.8, 4) is 5.75 Å². The van der Waals surface area contributed by atoms with E-state index in [1.807, 2.05) is 73.8 Å². The van der Waals surface area contributed by atoms with Crippen molar-refractivity contribution in [3.05, 3.63) is 89.1 Å². The summed E-state index contributed by atoms with van der Waals surface area (Å²) in [6.45, 7) is 2.31. The number of nitrogens with zero attached hydrogens (tertiary/aromatic N) is 5. The van der Waals surface area contributed by atoms with E-state index >= 15 is 0 Å². The zero-order chi connectivity index (χ0) is 30.2. The monoisotopic (exact) mass is 608 g/mol. The molecule has 224 valence electrons. The predicted octanol–water partition coefficient (Wildman–Crippen LogP) is 4.08. The van der Waals surface area contributed by atoms with Crippen LogP contribution in [-0.4, -0.2) is 81.6 Å². The first-order chi connectivity index (χ1) is 21.5. The summed E-state index contributed by atoms with van der Waals surface area (Å²) in [5, 5.41) is 8.43. The van der Waals surface area contributed by atoms with Crippen LogP contribution in [0.15, 0.2) is 72.2 Å². The molecule has 2 atom stereocenters. The maximum absolute atomic E-state index is 13.8. The number of aryl methyl sites for hydroxylation is 1.